The third-order valence-corrected chi connectivity index (χ3v) is 26.7. The quantitative estimate of drug-likeness (QED) is 0.0718. The zero-order valence-corrected chi connectivity index (χ0v) is 73.5. The molecule has 0 spiro atoms. The Bertz CT molecular complexity index is 6060. The molecule has 3 N–H and O–H groups in total. The molecular weight excluding hydrogens is 1620 g/mol. The molecule has 123 heavy (non-hydrogen) atoms. The number of aromatic nitrogens is 18. The van der Waals surface area contributed by atoms with Gasteiger partial charge in [-0.15, -0.1) is 0 Å². The normalized spacial score (nSPS) is 22.7. The number of pyridine rings is 6. The SMILES string of the molecule is C=C(C)N1CCN(c2nc3cc(-c4noc(=O)[nH]4)nc(-c4cncc(Cl)c4)c3n2CC2CCC(C)CC2)[C@H](C)C1.C=C(C)N1C[C@@H](C)N(c2nc3cc(-c4noc(=O)[nH]4)nc(-c4cncc(Cl)c4)c3n2CC2CCC(C)CC2)[C@H](C)C1.CC1CCC(Cn2c(N3CCN(C(=O)C4CC4)C[C@H]3C)nc3cc(-c4noc(=O)[nH]4)nc(-c4cncc(Cl)c4)c32)CC1. The van der Waals surface area contributed by atoms with Gasteiger partial charge in [0.1, 0.15) is 17.1 Å². The van der Waals surface area contributed by atoms with Crippen molar-refractivity contribution in [1.29, 1.82) is 0 Å². The fourth-order valence-electron chi connectivity index (χ4n) is 19.2. The van der Waals surface area contributed by atoms with Crippen LogP contribution in [0.15, 0.2) is 126 Å². The lowest BCUT2D eigenvalue weighted by molar-refractivity contribution is -0.133. The van der Waals surface area contributed by atoms with Crippen LogP contribution in [-0.2, 0) is 24.4 Å². The van der Waals surface area contributed by atoms with E-state index < -0.39 is 17.3 Å². The van der Waals surface area contributed by atoms with E-state index in [4.69, 9.17) is 78.3 Å². The number of carbonyl (C=O) groups is 1. The van der Waals surface area contributed by atoms with Gasteiger partial charge in [0, 0.05) is 167 Å². The topological polar surface area (TPSA) is 344 Å². The Balaban J connectivity index is 0.000000131. The number of anilines is 3. The van der Waals surface area contributed by atoms with Crippen molar-refractivity contribution in [3.05, 3.63) is 145 Å². The van der Waals surface area contributed by atoms with Crippen molar-refractivity contribution in [2.75, 3.05) is 67.1 Å². The highest BCUT2D eigenvalue weighted by atomic mass is 35.5. The minimum absolute atomic E-state index is 0.0963. The average molecular weight is 1730 g/mol. The van der Waals surface area contributed by atoms with E-state index in [1.54, 1.807) is 37.2 Å². The van der Waals surface area contributed by atoms with E-state index in [-0.39, 0.29) is 53.5 Å². The standard InChI is InChI=1S/C30H35ClN8O3.C30H37ClN8O2.C29H35ClN8O2/c1-17-3-5-19(6-4-17)16-39-26-23(34-29(39)38-10-9-37(15-18(38)2)28(40)20-7-8-20)12-24(27-35-30(41)42-36-27)33-25(26)21-11-22(31)14-32-13-21;1-17(2)37-14-19(4)39(20(5)15-37)29-34-24-11-25(28-35-30(40)41-36-28)33-26(22-10-23(31)13-32-12-22)27(24)38(29)16-21-8-6-18(3)7-9-21;1-17(2)36-9-10-37(19(4)15-36)28-33-23-12-24(27-34-29(39)40-35-27)32-25(21-11-22(30)14-31-13-21)26(23)38(28)16-20-7-5-18(3)6-8-20/h11-14,17-20H,3-10,15-16H2,1-2H3,(H,35,36,41);10-13,18-21H,1,6-9,14-16H2,2-5H3,(H,35,36,40);11-14,18-20H,1,5-10,15-16H2,2-4H3,(H,34,35,39)/t17?,18-,19?;18?,19-,20-,21?;18?,19-,20?/m111/s1. The van der Waals surface area contributed by atoms with Gasteiger partial charge in [-0.05, 0) is 165 Å². The molecule has 7 fully saturated rings. The van der Waals surface area contributed by atoms with Crippen LogP contribution in [0.2, 0.25) is 15.1 Å². The predicted molar refractivity (Wildman–Crippen MR) is 476 cm³/mol. The van der Waals surface area contributed by atoms with Gasteiger partial charge in [-0.3, -0.25) is 48.3 Å². The molecule has 3 aliphatic heterocycles. The van der Waals surface area contributed by atoms with Crippen LogP contribution < -0.4 is 32.0 Å². The molecule has 19 rings (SSSR count). The van der Waals surface area contributed by atoms with Gasteiger partial charge >= 0.3 is 17.3 Å². The summed E-state index contributed by atoms with van der Waals surface area (Å²) in [6, 6.07) is 11.9. The number of fused-ring (bicyclic) bond motifs is 3. The number of H-pyrrole nitrogens is 3. The number of hydrogen-bond donors (Lipinski definition) is 3. The third kappa shape index (κ3) is 18.2. The number of carbonyl (C=O) groups excluding carboxylic acids is 1. The van der Waals surface area contributed by atoms with Gasteiger partial charge in [-0.2, -0.15) is 0 Å². The number of hydrogen-bond acceptors (Lipinski definition) is 24. The van der Waals surface area contributed by atoms with Gasteiger partial charge < -0.3 is 43.1 Å². The molecule has 7 aliphatic rings. The first-order chi connectivity index (χ1) is 59.3. The van der Waals surface area contributed by atoms with Crippen LogP contribution in [0, 0.1) is 41.4 Å². The summed E-state index contributed by atoms with van der Waals surface area (Å²) in [5, 5.41) is 13.2. The summed E-state index contributed by atoms with van der Waals surface area (Å²) in [7, 11) is 0. The van der Waals surface area contributed by atoms with Gasteiger partial charge in [-0.1, -0.05) is 123 Å². The molecule has 4 saturated carbocycles. The third-order valence-electron chi connectivity index (χ3n) is 26.1. The molecule has 646 valence electrons. The summed E-state index contributed by atoms with van der Waals surface area (Å²) in [4.78, 5) is 114. The molecule has 15 heterocycles. The fraction of sp³-hybridized carbons (Fsp3) is 0.506. The lowest BCUT2D eigenvalue weighted by Crippen LogP contribution is -2.57. The molecule has 0 radical (unpaired) electrons. The number of piperazine rings is 3. The Morgan fingerprint density at radius 1 is 0.407 bits per heavy atom. The second kappa shape index (κ2) is 35.7. The lowest BCUT2D eigenvalue weighted by atomic mass is 9.83. The summed E-state index contributed by atoms with van der Waals surface area (Å²) in [6.07, 6.45) is 26.6. The van der Waals surface area contributed by atoms with Gasteiger partial charge in [0.2, 0.25) is 41.2 Å². The van der Waals surface area contributed by atoms with E-state index in [2.05, 4.69) is 159 Å². The van der Waals surface area contributed by atoms with Crippen molar-refractivity contribution >= 4 is 91.7 Å². The average Bonchev–Trinajstić information content (AvgIpc) is 1.60. The molecule has 3 saturated heterocycles. The molecule has 12 aromatic heterocycles. The van der Waals surface area contributed by atoms with Crippen LogP contribution in [0.4, 0.5) is 17.8 Å². The summed E-state index contributed by atoms with van der Waals surface area (Å²) in [5.74, 6) is 5.96. The summed E-state index contributed by atoms with van der Waals surface area (Å²) in [6.45, 7) is 37.4. The number of nitrogens with one attached hydrogen (secondary N) is 3. The largest absolute Gasteiger partial charge is 0.439 e. The number of aromatic amines is 3. The number of rotatable bonds is 18. The van der Waals surface area contributed by atoms with E-state index in [1.165, 1.54) is 77.0 Å². The van der Waals surface area contributed by atoms with E-state index in [0.29, 0.717) is 86.6 Å². The monoisotopic (exact) mass is 1730 g/mol. The van der Waals surface area contributed by atoms with Crippen molar-refractivity contribution in [2.45, 2.75) is 196 Å². The molecule has 31 nitrogen and oxygen atoms in total. The second-order valence-electron chi connectivity index (χ2n) is 35.7. The van der Waals surface area contributed by atoms with E-state index in [1.807, 2.05) is 41.3 Å². The van der Waals surface area contributed by atoms with Crippen LogP contribution >= 0.6 is 34.8 Å². The molecule has 0 bridgehead atoms. The second-order valence-corrected chi connectivity index (χ2v) is 37.0. The number of halogens is 3. The summed E-state index contributed by atoms with van der Waals surface area (Å²) in [5.41, 5.74) is 12.9. The zero-order valence-electron chi connectivity index (χ0n) is 71.3. The first kappa shape index (κ1) is 84.2. The fourth-order valence-corrected chi connectivity index (χ4v) is 19.7. The predicted octanol–water partition coefficient (Wildman–Crippen LogP) is 15.9. The molecule has 0 aromatic carbocycles. The van der Waals surface area contributed by atoms with Crippen molar-refractivity contribution in [3.8, 4) is 68.3 Å². The van der Waals surface area contributed by atoms with Crippen LogP contribution in [0.5, 0.6) is 0 Å². The highest BCUT2D eigenvalue weighted by molar-refractivity contribution is 6.31. The molecule has 4 aliphatic carbocycles. The molecule has 4 atom stereocenters. The molecular formula is C89H107Cl3N24O7. The van der Waals surface area contributed by atoms with Crippen LogP contribution in [0.3, 0.4) is 0 Å². The van der Waals surface area contributed by atoms with Crippen molar-refractivity contribution in [1.82, 2.24) is 104 Å². The molecule has 0 unspecified atom stereocenters. The van der Waals surface area contributed by atoms with E-state index in [9.17, 15) is 19.2 Å². The maximum Gasteiger partial charge on any atom is 0.439 e. The Morgan fingerprint density at radius 2 is 0.732 bits per heavy atom. The molecule has 1 amide bonds. The zero-order chi connectivity index (χ0) is 85.8. The lowest BCUT2D eigenvalue weighted by Gasteiger charge is -2.46. The Kier molecular flexibility index (Phi) is 24.4. The smallest absolute Gasteiger partial charge is 0.372 e. The molecule has 34 heteroatoms. The Hall–Kier alpha value is -11.1. The van der Waals surface area contributed by atoms with E-state index >= 15 is 0 Å². The van der Waals surface area contributed by atoms with Gasteiger partial charge in [0.25, 0.3) is 0 Å². The van der Waals surface area contributed by atoms with Gasteiger partial charge in [0.15, 0.2) is 0 Å². The van der Waals surface area contributed by atoms with Crippen molar-refractivity contribution < 1.29 is 18.4 Å². The van der Waals surface area contributed by atoms with Gasteiger partial charge in [0.05, 0.1) is 65.2 Å². The minimum atomic E-state index is -0.650. The highest BCUT2D eigenvalue weighted by Gasteiger charge is 2.40. The number of imidazole rings is 3. The van der Waals surface area contributed by atoms with Crippen LogP contribution in [-0.4, -0.2) is 186 Å². The highest BCUT2D eigenvalue weighted by Crippen LogP contribution is 2.44. The maximum atomic E-state index is 12.9. The van der Waals surface area contributed by atoms with Gasteiger partial charge in [-0.25, -0.2) is 44.3 Å². The first-order valence-electron chi connectivity index (χ1n) is 43.4. The maximum absolute atomic E-state index is 12.9. The minimum Gasteiger partial charge on any atom is -0.372 e. The number of nitrogens with zero attached hydrogens (tertiary/aromatic N) is 21. The number of allylic oxidation sites excluding steroid dienone is 2. The number of amides is 1. The summed E-state index contributed by atoms with van der Waals surface area (Å²) >= 11 is 19.2. The van der Waals surface area contributed by atoms with Crippen LogP contribution in [0.25, 0.3) is 101 Å². The first-order valence-corrected chi connectivity index (χ1v) is 44.6. The summed E-state index contributed by atoms with van der Waals surface area (Å²) < 4.78 is 21.4. The molecule has 12 aromatic rings. The van der Waals surface area contributed by atoms with Crippen LogP contribution in [0.1, 0.15) is 152 Å². The van der Waals surface area contributed by atoms with E-state index in [0.717, 1.165) is 162 Å². The Morgan fingerprint density at radius 3 is 1.05 bits per heavy atom. The Labute approximate surface area is 727 Å². The van der Waals surface area contributed by atoms with Crippen molar-refractivity contribution in [3.63, 3.8) is 0 Å². The van der Waals surface area contributed by atoms with Crippen molar-refractivity contribution in [2.24, 2.45) is 41.4 Å².